The summed E-state index contributed by atoms with van der Waals surface area (Å²) >= 11 is 0. The zero-order valence-corrected chi connectivity index (χ0v) is 15.1. The summed E-state index contributed by atoms with van der Waals surface area (Å²) in [6.07, 6.45) is 9.95. The summed E-state index contributed by atoms with van der Waals surface area (Å²) in [6.45, 7) is 14.5. The first-order chi connectivity index (χ1) is 9.93. The van der Waals surface area contributed by atoms with E-state index < -0.39 is 0 Å². The van der Waals surface area contributed by atoms with Crippen molar-refractivity contribution in [3.05, 3.63) is 0 Å². The number of nitrogens with zero attached hydrogens (tertiary/aromatic N) is 1. The molecule has 1 N–H and O–H groups in total. The lowest BCUT2D eigenvalue weighted by molar-refractivity contribution is 0.00604. The van der Waals surface area contributed by atoms with E-state index in [4.69, 9.17) is 0 Å². The molecule has 0 amide bonds. The molecule has 1 aliphatic heterocycles. The molecule has 0 aromatic rings. The molecule has 1 aliphatic carbocycles. The van der Waals surface area contributed by atoms with Gasteiger partial charge in [-0.15, -0.1) is 0 Å². The molecule has 1 saturated carbocycles. The lowest BCUT2D eigenvalue weighted by atomic mass is 9.81. The van der Waals surface area contributed by atoms with Crippen molar-refractivity contribution in [3.8, 4) is 0 Å². The summed E-state index contributed by atoms with van der Waals surface area (Å²) in [5.41, 5.74) is 0.375. The second kappa shape index (κ2) is 7.46. The molecule has 2 nitrogen and oxygen atoms in total. The summed E-state index contributed by atoms with van der Waals surface area (Å²) in [4.78, 5) is 2.92. The van der Waals surface area contributed by atoms with Gasteiger partial charge in [0.15, 0.2) is 0 Å². The zero-order chi connectivity index (χ0) is 15.5. The van der Waals surface area contributed by atoms with Gasteiger partial charge in [0.05, 0.1) is 0 Å². The Morgan fingerprint density at radius 2 is 1.71 bits per heavy atom. The molecule has 0 aromatic heterocycles. The first-order valence-corrected chi connectivity index (χ1v) is 9.42. The monoisotopic (exact) mass is 294 g/mol. The molecule has 1 saturated heterocycles. The fourth-order valence-electron chi connectivity index (χ4n) is 4.26. The summed E-state index contributed by atoms with van der Waals surface area (Å²) in [7, 11) is 0. The Labute approximate surface area is 133 Å². The van der Waals surface area contributed by atoms with Crippen molar-refractivity contribution in [2.24, 2.45) is 11.3 Å². The molecule has 3 unspecified atom stereocenters. The highest BCUT2D eigenvalue weighted by Gasteiger charge is 2.39. The van der Waals surface area contributed by atoms with Crippen LogP contribution in [-0.4, -0.2) is 36.1 Å². The zero-order valence-electron chi connectivity index (χ0n) is 15.1. The van der Waals surface area contributed by atoms with Crippen molar-refractivity contribution < 1.29 is 0 Å². The molecule has 21 heavy (non-hydrogen) atoms. The van der Waals surface area contributed by atoms with Crippen LogP contribution in [-0.2, 0) is 0 Å². The molecule has 3 atom stereocenters. The third-order valence-electron chi connectivity index (χ3n) is 6.01. The van der Waals surface area contributed by atoms with Crippen LogP contribution < -0.4 is 5.32 Å². The minimum Gasteiger partial charge on any atom is -0.311 e. The highest BCUT2D eigenvalue weighted by molar-refractivity contribution is 4.96. The minimum absolute atomic E-state index is 0.375. The van der Waals surface area contributed by atoms with Gasteiger partial charge >= 0.3 is 0 Å². The third kappa shape index (κ3) is 4.45. The second-order valence-corrected chi connectivity index (χ2v) is 8.62. The first kappa shape index (κ1) is 17.3. The molecule has 0 radical (unpaired) electrons. The van der Waals surface area contributed by atoms with E-state index in [9.17, 15) is 0 Å². The van der Waals surface area contributed by atoms with Crippen molar-refractivity contribution in [2.75, 3.05) is 13.1 Å². The molecule has 0 aromatic carbocycles. The maximum Gasteiger partial charge on any atom is 0.0272 e. The Morgan fingerprint density at radius 3 is 2.24 bits per heavy atom. The van der Waals surface area contributed by atoms with Crippen molar-refractivity contribution >= 4 is 0 Å². The van der Waals surface area contributed by atoms with Crippen LogP contribution in [0.25, 0.3) is 0 Å². The van der Waals surface area contributed by atoms with E-state index in [-0.39, 0.29) is 0 Å². The van der Waals surface area contributed by atoms with E-state index in [2.05, 4.69) is 44.8 Å². The van der Waals surface area contributed by atoms with Crippen molar-refractivity contribution in [3.63, 3.8) is 0 Å². The molecule has 2 aliphatic rings. The Bertz CT molecular complexity index is 299. The van der Waals surface area contributed by atoms with Gasteiger partial charge in [-0.3, -0.25) is 4.90 Å². The number of hydrogen-bond donors (Lipinski definition) is 1. The number of nitrogens with one attached hydrogen (secondary N) is 1. The van der Waals surface area contributed by atoms with Crippen LogP contribution in [0.3, 0.4) is 0 Å². The predicted octanol–water partition coefficient (Wildman–Crippen LogP) is 4.44. The van der Waals surface area contributed by atoms with Gasteiger partial charge in [0.2, 0.25) is 0 Å². The van der Waals surface area contributed by atoms with Gasteiger partial charge in [-0.2, -0.15) is 0 Å². The highest BCUT2D eigenvalue weighted by Crippen LogP contribution is 2.33. The van der Waals surface area contributed by atoms with E-state index in [1.54, 1.807) is 0 Å². The largest absolute Gasteiger partial charge is 0.311 e. The SMILES string of the molecule is CCC(C)C1CN(C2CCCCCC2)C(C(C)(C)C)CN1. The Hall–Kier alpha value is -0.0800. The highest BCUT2D eigenvalue weighted by atomic mass is 15.3. The van der Waals surface area contributed by atoms with Crippen LogP contribution in [0.15, 0.2) is 0 Å². The Kier molecular flexibility index (Phi) is 6.14. The van der Waals surface area contributed by atoms with Crippen LogP contribution in [0.4, 0.5) is 0 Å². The minimum atomic E-state index is 0.375. The quantitative estimate of drug-likeness (QED) is 0.774. The lowest BCUT2D eigenvalue weighted by Crippen LogP contribution is -2.64. The molecule has 0 bridgehead atoms. The maximum absolute atomic E-state index is 3.87. The lowest BCUT2D eigenvalue weighted by Gasteiger charge is -2.51. The molecule has 0 spiro atoms. The summed E-state index contributed by atoms with van der Waals surface area (Å²) in [5, 5.41) is 3.87. The molecular formula is C19H38N2. The molecule has 2 fully saturated rings. The molecular weight excluding hydrogens is 256 g/mol. The summed E-state index contributed by atoms with van der Waals surface area (Å²) in [6, 6.07) is 2.23. The first-order valence-electron chi connectivity index (χ1n) is 9.42. The van der Waals surface area contributed by atoms with Gasteiger partial charge in [0.1, 0.15) is 0 Å². The van der Waals surface area contributed by atoms with Gasteiger partial charge in [0.25, 0.3) is 0 Å². The van der Waals surface area contributed by atoms with Crippen LogP contribution in [0, 0.1) is 11.3 Å². The van der Waals surface area contributed by atoms with E-state index in [0.29, 0.717) is 17.5 Å². The van der Waals surface area contributed by atoms with Crippen LogP contribution >= 0.6 is 0 Å². The van der Waals surface area contributed by atoms with Crippen molar-refractivity contribution in [1.82, 2.24) is 10.2 Å². The second-order valence-electron chi connectivity index (χ2n) is 8.62. The maximum atomic E-state index is 3.87. The fraction of sp³-hybridized carbons (Fsp3) is 1.00. The van der Waals surface area contributed by atoms with E-state index in [0.717, 1.165) is 12.0 Å². The molecule has 2 heteroatoms. The van der Waals surface area contributed by atoms with Gasteiger partial charge in [-0.05, 0) is 24.2 Å². The van der Waals surface area contributed by atoms with Crippen molar-refractivity contribution in [1.29, 1.82) is 0 Å². The van der Waals surface area contributed by atoms with E-state index in [1.807, 2.05) is 0 Å². The van der Waals surface area contributed by atoms with Crippen LogP contribution in [0.2, 0.25) is 0 Å². The molecule has 1 heterocycles. The van der Waals surface area contributed by atoms with Crippen LogP contribution in [0.5, 0.6) is 0 Å². The van der Waals surface area contributed by atoms with E-state index in [1.165, 1.54) is 58.0 Å². The van der Waals surface area contributed by atoms with Gasteiger partial charge < -0.3 is 5.32 Å². The van der Waals surface area contributed by atoms with Crippen molar-refractivity contribution in [2.45, 2.75) is 97.7 Å². The number of hydrogen-bond acceptors (Lipinski definition) is 2. The average molecular weight is 295 g/mol. The van der Waals surface area contributed by atoms with Gasteiger partial charge in [-0.25, -0.2) is 0 Å². The van der Waals surface area contributed by atoms with Gasteiger partial charge in [-0.1, -0.05) is 66.7 Å². The van der Waals surface area contributed by atoms with E-state index >= 15 is 0 Å². The summed E-state index contributed by atoms with van der Waals surface area (Å²) in [5.74, 6) is 0.791. The molecule has 124 valence electrons. The normalized spacial score (nSPS) is 31.9. The number of rotatable bonds is 3. The Morgan fingerprint density at radius 1 is 1.10 bits per heavy atom. The van der Waals surface area contributed by atoms with Crippen LogP contribution in [0.1, 0.15) is 79.6 Å². The third-order valence-corrected chi connectivity index (χ3v) is 6.01. The summed E-state index contributed by atoms with van der Waals surface area (Å²) < 4.78 is 0. The number of piperazine rings is 1. The molecule has 2 rings (SSSR count). The average Bonchev–Trinajstić information content (AvgIpc) is 2.73. The fourth-order valence-corrected chi connectivity index (χ4v) is 4.26. The Balaban J connectivity index is 2.11. The topological polar surface area (TPSA) is 15.3 Å². The predicted molar refractivity (Wildman–Crippen MR) is 92.7 cm³/mol. The smallest absolute Gasteiger partial charge is 0.0272 e. The van der Waals surface area contributed by atoms with Gasteiger partial charge in [0, 0.05) is 31.2 Å². The standard InChI is InChI=1S/C19H38N2/c1-6-15(2)17-14-21(16-11-9-7-8-10-12-16)18(13-20-17)19(3,4)5/h15-18,20H,6-14H2,1-5H3.